The number of amides is 7. The first-order valence-electron chi connectivity index (χ1n) is 46.3. The first kappa shape index (κ1) is 107. The molecule has 5 aliphatic rings. The van der Waals surface area contributed by atoms with Crippen molar-refractivity contribution in [3.63, 3.8) is 0 Å². The summed E-state index contributed by atoms with van der Waals surface area (Å²) in [6, 6.07) is 48.1. The second-order valence-corrected chi connectivity index (χ2v) is 38.0. The van der Waals surface area contributed by atoms with Crippen molar-refractivity contribution < 1.29 is 70.5 Å². The number of rotatable bonds is 35. The SMILES string of the molecule is CN(C)C1(Cc2cccc(Cl)c2)CCC(NC(=O)CCC(=O)N2CCN(c3ccccc3F)CC2)CC1.CN(C)C1(Cc2cccc(Cl)c2)CCC(NC(=O)CCC(=O)NCCc2cccc(C(F)(F)F)c2)CC1.COc1ccc(N2CCN(C(=O)CCCC(=O)O)CC2)c(OC)c1.Cc1cccc(CC2(N(C)C)CCC(NC(=O)CCC(=O)NCCc3ccc(Cl)c(Cl)c3)CC2)c1. The highest BCUT2D eigenvalue weighted by molar-refractivity contribution is 6.42. The maximum absolute atomic E-state index is 14.1. The lowest BCUT2D eigenvalue weighted by atomic mass is 9.74. The van der Waals surface area contributed by atoms with Gasteiger partial charge < -0.3 is 75.5 Å². The standard InChI is InChI=1S/C29H38ClFN4O2.C28H37Cl2N3O2.C28H35ClF3N3O2.C17H24N2O5/c1-33(2)29(21-22-6-5-7-23(30)20-22)14-12-24(13-15-29)32-27(36)10-11-28(37)35-18-16-34(17-19-35)26-9-4-3-8-25(26)31;1-20-5-4-6-22(17-20)19-28(33(2)3)14-11-23(12-15-28)32-27(35)10-9-26(34)31-16-13-21-7-8-24(29)25(30)18-21;1-35(2)27(19-21-6-4-8-23(29)18-21)14-11-24(12-15-27)34-26(37)10-9-25(36)33-16-13-20-5-3-7-22(17-20)28(30,31)32;1-23-13-6-7-14(15(12-13)24-2)18-8-10-19(11-9-18)16(20)4-3-5-17(21)22/h3-9,20,24H,10-19,21H2,1-2H3,(H,32,36);4-8,17-18,23H,9-16,19H2,1-3H3,(H,31,34)(H,32,35);3-8,17-18,24H,9-16,19H2,1-2H3,(H,33,36)(H,34,37);6-7,12H,3-5,8-11H2,1-2H3,(H,21,22). The number of carbonyl (C=O) groups is 8. The highest BCUT2D eigenvalue weighted by atomic mass is 35.5. The molecular weight excluding hydrogens is 1790 g/mol. The number of aliphatic carboxylic acids is 1. The van der Waals surface area contributed by atoms with Gasteiger partial charge in [-0.3, -0.25) is 38.4 Å². The quantitative estimate of drug-likeness (QED) is 0.0202. The van der Waals surface area contributed by atoms with Gasteiger partial charge in [-0.2, -0.15) is 13.2 Å². The number of carboxylic acid groups (broad SMARTS) is 1. The van der Waals surface area contributed by atoms with Crippen LogP contribution in [-0.2, 0) is 76.6 Å². The Bertz CT molecular complexity index is 4950. The molecule has 23 nitrogen and oxygen atoms in total. The van der Waals surface area contributed by atoms with Gasteiger partial charge in [-0.05, 0) is 259 Å². The van der Waals surface area contributed by atoms with Crippen molar-refractivity contribution >= 4 is 105 Å². The van der Waals surface area contributed by atoms with Crippen molar-refractivity contribution in [3.05, 3.63) is 223 Å². The topological polar surface area (TPSA) is 258 Å². The molecule has 3 saturated carbocycles. The van der Waals surface area contributed by atoms with Crippen molar-refractivity contribution in [3.8, 4) is 11.5 Å². The first-order valence-corrected chi connectivity index (χ1v) is 47.8. The van der Waals surface area contributed by atoms with Crippen LogP contribution >= 0.6 is 46.4 Å². The molecule has 12 rings (SSSR count). The summed E-state index contributed by atoms with van der Waals surface area (Å²) in [6.07, 6.45) is 12.4. The van der Waals surface area contributed by atoms with E-state index in [0.29, 0.717) is 93.0 Å². The molecule has 7 amide bonds. The Morgan fingerprint density at radius 3 is 1.26 bits per heavy atom. The number of nitrogens with one attached hydrogen (secondary N) is 5. The third-order valence-electron chi connectivity index (χ3n) is 26.6. The van der Waals surface area contributed by atoms with Crippen LogP contribution in [0.15, 0.2) is 158 Å². The number of para-hydroxylation sites is 1. The van der Waals surface area contributed by atoms with Gasteiger partial charge in [-0.1, -0.05) is 137 Å². The second kappa shape index (κ2) is 52.4. The Kier molecular flexibility index (Phi) is 42.1. The number of halogens is 8. The van der Waals surface area contributed by atoms with E-state index >= 15 is 0 Å². The van der Waals surface area contributed by atoms with Crippen molar-refractivity contribution in [1.29, 1.82) is 0 Å². The molecule has 133 heavy (non-hydrogen) atoms. The van der Waals surface area contributed by atoms with Gasteiger partial charge in [0.15, 0.2) is 0 Å². The van der Waals surface area contributed by atoms with Crippen LogP contribution in [0.25, 0.3) is 0 Å². The van der Waals surface area contributed by atoms with Crippen LogP contribution in [0, 0.1) is 12.7 Å². The minimum Gasteiger partial charge on any atom is -0.497 e. The van der Waals surface area contributed by atoms with Gasteiger partial charge in [0, 0.05) is 168 Å². The molecule has 2 saturated heterocycles. The number of hydrogen-bond donors (Lipinski definition) is 6. The number of ether oxygens (including phenoxy) is 2. The summed E-state index contributed by atoms with van der Waals surface area (Å²) >= 11 is 24.3. The van der Waals surface area contributed by atoms with E-state index in [-0.39, 0.29) is 146 Å². The Morgan fingerprint density at radius 1 is 0.429 bits per heavy atom. The summed E-state index contributed by atoms with van der Waals surface area (Å²) in [5, 5.41) is 26.1. The van der Waals surface area contributed by atoms with Crippen molar-refractivity contribution in [2.75, 3.05) is 132 Å². The number of methoxy groups -OCH3 is 2. The van der Waals surface area contributed by atoms with Gasteiger partial charge in [-0.15, -0.1) is 0 Å². The predicted molar refractivity (Wildman–Crippen MR) is 520 cm³/mol. The third kappa shape index (κ3) is 34.2. The lowest BCUT2D eigenvalue weighted by Gasteiger charge is -2.45. The van der Waals surface area contributed by atoms with Crippen molar-refractivity contribution in [2.45, 2.75) is 215 Å². The average Bonchev–Trinajstić information content (AvgIpc) is 0.808. The van der Waals surface area contributed by atoms with Crippen molar-refractivity contribution in [2.24, 2.45) is 0 Å². The van der Waals surface area contributed by atoms with Crippen LogP contribution in [-0.4, -0.2) is 234 Å². The lowest BCUT2D eigenvalue weighted by Crippen LogP contribution is -2.52. The number of benzene rings is 7. The third-order valence-corrected chi connectivity index (χ3v) is 27.8. The van der Waals surface area contributed by atoms with Gasteiger partial charge in [-0.25, -0.2) is 4.39 Å². The van der Waals surface area contributed by atoms with Crippen molar-refractivity contribution in [1.82, 2.24) is 51.1 Å². The minimum atomic E-state index is -4.39. The number of likely N-dealkylation sites (N-methyl/N-ethyl adjacent to an activating group) is 3. The molecule has 3 aliphatic carbocycles. The summed E-state index contributed by atoms with van der Waals surface area (Å²) in [5.41, 5.74) is 7.61. The van der Waals surface area contributed by atoms with Crippen LogP contribution < -0.4 is 45.9 Å². The second-order valence-electron chi connectivity index (χ2n) is 36.3. The monoisotopic (exact) mass is 1920 g/mol. The summed E-state index contributed by atoms with van der Waals surface area (Å²) in [4.78, 5) is 112. The molecule has 0 atom stereocenters. The van der Waals surface area contributed by atoms with Crippen LogP contribution in [0.5, 0.6) is 11.5 Å². The van der Waals surface area contributed by atoms with E-state index in [0.717, 1.165) is 141 Å². The normalized spacial score (nSPS) is 19.6. The zero-order chi connectivity index (χ0) is 96.4. The van der Waals surface area contributed by atoms with Gasteiger partial charge in [0.25, 0.3) is 0 Å². The number of carbonyl (C=O) groups excluding carboxylic acids is 7. The molecule has 724 valence electrons. The molecule has 0 aromatic heterocycles. The predicted octanol–water partition coefficient (Wildman–Crippen LogP) is 16.9. The summed E-state index contributed by atoms with van der Waals surface area (Å²) < 4.78 is 63.2. The summed E-state index contributed by atoms with van der Waals surface area (Å²) in [7, 11) is 16.0. The fourth-order valence-corrected chi connectivity index (χ4v) is 19.1. The average molecular weight is 1920 g/mol. The maximum atomic E-state index is 14.1. The van der Waals surface area contributed by atoms with E-state index < -0.39 is 17.7 Å². The number of aryl methyl sites for hydroxylation is 1. The van der Waals surface area contributed by atoms with E-state index in [1.165, 1.54) is 34.4 Å². The summed E-state index contributed by atoms with van der Waals surface area (Å²) in [6.45, 7) is 7.77. The van der Waals surface area contributed by atoms with E-state index in [1.54, 1.807) is 54.4 Å². The molecule has 2 aliphatic heterocycles. The fourth-order valence-electron chi connectivity index (χ4n) is 18.4. The van der Waals surface area contributed by atoms with Gasteiger partial charge in [0.1, 0.15) is 17.3 Å². The number of piperazine rings is 2. The molecule has 0 bridgehead atoms. The number of carboxylic acids is 1. The smallest absolute Gasteiger partial charge is 0.416 e. The van der Waals surface area contributed by atoms with Gasteiger partial charge in [0.05, 0.1) is 41.2 Å². The maximum Gasteiger partial charge on any atom is 0.416 e. The van der Waals surface area contributed by atoms with Crippen LogP contribution in [0.1, 0.15) is 174 Å². The number of hydrogen-bond acceptors (Lipinski definition) is 15. The number of alkyl halides is 3. The molecule has 0 unspecified atom stereocenters. The molecular formula is C102H134Cl4F4N12O11. The largest absolute Gasteiger partial charge is 0.497 e. The van der Waals surface area contributed by atoms with E-state index in [4.69, 9.17) is 61.0 Å². The lowest BCUT2D eigenvalue weighted by molar-refractivity contribution is -0.138. The highest BCUT2D eigenvalue weighted by Crippen LogP contribution is 2.41. The Morgan fingerprint density at radius 2 is 0.842 bits per heavy atom. The molecule has 0 radical (unpaired) electrons. The zero-order valence-corrected chi connectivity index (χ0v) is 81.4. The zero-order valence-electron chi connectivity index (χ0n) is 78.4. The fraction of sp³-hybridized carbons (Fsp3) is 0.510. The molecule has 6 N–H and O–H groups in total. The molecule has 2 heterocycles. The molecule has 0 spiro atoms. The Hall–Kier alpha value is -9.74. The van der Waals surface area contributed by atoms with E-state index in [9.17, 15) is 55.9 Å². The first-order chi connectivity index (χ1) is 63.4. The van der Waals surface area contributed by atoms with Crippen LogP contribution in [0.4, 0.5) is 28.9 Å². The van der Waals surface area contributed by atoms with E-state index in [2.05, 4.69) is 132 Å². The number of nitrogens with zero attached hydrogens (tertiary/aromatic N) is 7. The Labute approximate surface area is 802 Å². The van der Waals surface area contributed by atoms with Gasteiger partial charge >= 0.3 is 12.1 Å². The van der Waals surface area contributed by atoms with Crippen LogP contribution in [0.3, 0.4) is 0 Å². The number of anilines is 2. The summed E-state index contributed by atoms with van der Waals surface area (Å²) in [5.74, 6) is -0.289. The Balaban J connectivity index is 0.000000202. The minimum absolute atomic E-state index is 0.00537. The van der Waals surface area contributed by atoms with E-state index in [1.807, 2.05) is 71.6 Å². The van der Waals surface area contributed by atoms with Gasteiger partial charge in [0.2, 0.25) is 41.4 Å². The molecule has 7 aromatic carbocycles. The highest BCUT2D eigenvalue weighted by Gasteiger charge is 2.42. The molecule has 31 heteroatoms. The molecule has 5 fully saturated rings. The molecule has 7 aromatic rings. The van der Waals surface area contributed by atoms with Crippen LogP contribution in [0.2, 0.25) is 20.1 Å².